The Hall–Kier alpha value is -2.30. The van der Waals surface area contributed by atoms with Gasteiger partial charge in [-0.2, -0.15) is 0 Å². The van der Waals surface area contributed by atoms with Crippen LogP contribution in [-0.4, -0.2) is 57.8 Å². The number of aryl methyl sites for hydroxylation is 1. The summed E-state index contributed by atoms with van der Waals surface area (Å²) in [5.41, 5.74) is 1.01. The van der Waals surface area contributed by atoms with E-state index in [9.17, 15) is 26.7 Å². The molecule has 0 radical (unpaired) electrons. The zero-order chi connectivity index (χ0) is 22.4. The molecular weight excluding hydrogens is 399 g/mol. The zero-order valence-corrected chi connectivity index (χ0v) is 16.6. The summed E-state index contributed by atoms with van der Waals surface area (Å²) in [5, 5.41) is 9.67. The molecule has 29 heavy (non-hydrogen) atoms. The molecule has 2 heterocycles. The predicted octanol–water partition coefficient (Wildman–Crippen LogP) is 3.79. The second-order valence-electron chi connectivity index (χ2n) is 6.02. The molecule has 2 N–H and O–H groups in total. The summed E-state index contributed by atoms with van der Waals surface area (Å²) in [6.45, 7) is 7.32. The number of hydrogen-bond acceptors (Lipinski definition) is 5. The van der Waals surface area contributed by atoms with E-state index in [1.165, 1.54) is 6.08 Å². The van der Waals surface area contributed by atoms with Crippen molar-refractivity contribution in [3.63, 3.8) is 0 Å². The smallest absolute Gasteiger partial charge is 0.359 e. The molecule has 1 saturated heterocycles. The summed E-state index contributed by atoms with van der Waals surface area (Å²) < 4.78 is 51.6. The molecule has 1 aliphatic heterocycles. The number of nitrogens with zero attached hydrogens (tertiary/aromatic N) is 3. The lowest BCUT2D eigenvalue weighted by Crippen LogP contribution is -2.48. The van der Waals surface area contributed by atoms with Crippen LogP contribution in [0, 0.1) is 0 Å². The first-order valence-electron chi connectivity index (χ1n) is 9.04. The molecule has 6 nitrogen and oxygen atoms in total. The van der Waals surface area contributed by atoms with Crippen molar-refractivity contribution in [1.29, 1.82) is 0 Å². The second-order valence-corrected chi connectivity index (χ2v) is 6.02. The Morgan fingerprint density at radius 2 is 1.93 bits per heavy atom. The quantitative estimate of drug-likeness (QED) is 0.535. The van der Waals surface area contributed by atoms with E-state index >= 15 is 0 Å². The van der Waals surface area contributed by atoms with E-state index in [1.54, 1.807) is 13.3 Å². The molecule has 0 unspecified atom stereocenters. The van der Waals surface area contributed by atoms with Crippen LogP contribution in [0.15, 0.2) is 24.5 Å². The van der Waals surface area contributed by atoms with E-state index < -0.39 is 12.8 Å². The highest BCUT2D eigenvalue weighted by Crippen LogP contribution is 2.12. The number of aliphatic hydroxyl groups is 1. The van der Waals surface area contributed by atoms with Gasteiger partial charge in [0.1, 0.15) is 18.2 Å². The van der Waals surface area contributed by atoms with E-state index in [2.05, 4.69) is 22.2 Å². The summed E-state index contributed by atoms with van der Waals surface area (Å²) in [6.07, 6.45) is -0.467. The van der Waals surface area contributed by atoms with Crippen LogP contribution in [0.25, 0.3) is 0 Å². The number of anilines is 1. The van der Waals surface area contributed by atoms with Crippen LogP contribution >= 0.6 is 0 Å². The minimum Gasteiger partial charge on any atom is -0.359 e. The molecule has 0 aromatic carbocycles. The Labute approximate surface area is 166 Å². The monoisotopic (exact) mass is 426 g/mol. The molecule has 11 heteroatoms. The fraction of sp³-hybridized carbons (Fsp3) is 0.611. The zero-order valence-electron chi connectivity index (χ0n) is 16.6. The van der Waals surface area contributed by atoms with E-state index in [0.717, 1.165) is 49.9 Å². The SMILES string of the molecule is C/C=C/C(F)F.CCCc1cc(N[C@H](C)C(=O)N2CCC2)ncn1.OC(F)(F)F. The van der Waals surface area contributed by atoms with Crippen molar-refractivity contribution in [3.05, 3.63) is 30.2 Å². The topological polar surface area (TPSA) is 78.4 Å². The van der Waals surface area contributed by atoms with Crippen LogP contribution in [0.4, 0.5) is 27.8 Å². The third-order valence-electron chi connectivity index (χ3n) is 3.47. The molecule has 2 rings (SSSR count). The van der Waals surface area contributed by atoms with Crippen molar-refractivity contribution in [2.75, 3.05) is 18.4 Å². The van der Waals surface area contributed by atoms with E-state index in [4.69, 9.17) is 5.11 Å². The van der Waals surface area contributed by atoms with Crippen molar-refractivity contribution in [1.82, 2.24) is 14.9 Å². The summed E-state index contributed by atoms with van der Waals surface area (Å²) in [5.74, 6) is 0.881. The van der Waals surface area contributed by atoms with Crippen molar-refractivity contribution in [2.24, 2.45) is 0 Å². The summed E-state index contributed by atoms with van der Waals surface area (Å²) in [6, 6.07) is 1.69. The number of nitrogens with one attached hydrogen (secondary N) is 1. The lowest BCUT2D eigenvalue weighted by molar-refractivity contribution is -0.295. The van der Waals surface area contributed by atoms with Gasteiger partial charge in [0, 0.05) is 24.8 Å². The fourth-order valence-electron chi connectivity index (χ4n) is 2.11. The molecule has 0 spiro atoms. The van der Waals surface area contributed by atoms with Crippen molar-refractivity contribution < 1.29 is 31.9 Å². The van der Waals surface area contributed by atoms with Crippen LogP contribution in [0.3, 0.4) is 0 Å². The number of carbonyl (C=O) groups is 1. The Kier molecular flexibility index (Phi) is 12.7. The van der Waals surface area contributed by atoms with E-state index in [-0.39, 0.29) is 11.9 Å². The Morgan fingerprint density at radius 1 is 1.34 bits per heavy atom. The second kappa shape index (κ2) is 13.8. The number of alkyl halides is 5. The van der Waals surface area contributed by atoms with Gasteiger partial charge in [0.15, 0.2) is 0 Å². The van der Waals surface area contributed by atoms with Crippen molar-refractivity contribution in [3.8, 4) is 0 Å². The lowest BCUT2D eigenvalue weighted by Gasteiger charge is -2.33. The number of halogens is 5. The first kappa shape index (κ1) is 26.7. The molecule has 0 bridgehead atoms. The van der Waals surface area contributed by atoms with Gasteiger partial charge in [-0.15, -0.1) is 13.2 Å². The van der Waals surface area contributed by atoms with Gasteiger partial charge in [0.05, 0.1) is 0 Å². The molecule has 1 atom stereocenters. The minimum absolute atomic E-state index is 0.150. The standard InChI is InChI=1S/C13H20N4O.C4H6F2.CHF3O/c1-3-5-11-8-12(15-9-14-11)16-10(2)13(18)17-6-4-7-17;1-2-3-4(5)6;2-1(3,4)5/h8-10H,3-7H2,1-2H3,(H,14,15,16);2-4H,1H3;5H/b;3-2+;/t10-;;/m1../s1. The highest BCUT2D eigenvalue weighted by atomic mass is 19.4. The molecule has 1 aromatic heterocycles. The van der Waals surface area contributed by atoms with E-state index in [1.807, 2.05) is 17.9 Å². The van der Waals surface area contributed by atoms with E-state index in [0.29, 0.717) is 0 Å². The van der Waals surface area contributed by atoms with Crippen LogP contribution < -0.4 is 5.32 Å². The van der Waals surface area contributed by atoms with Crippen molar-refractivity contribution in [2.45, 2.75) is 58.9 Å². The maximum Gasteiger partial charge on any atom is 0.519 e. The molecular formula is C18H27F5N4O2. The number of amides is 1. The Balaban J connectivity index is 0.000000591. The van der Waals surface area contributed by atoms with Crippen LogP contribution in [-0.2, 0) is 11.2 Å². The third-order valence-corrected chi connectivity index (χ3v) is 3.47. The molecule has 1 amide bonds. The number of aromatic nitrogens is 2. The minimum atomic E-state index is -5.00. The summed E-state index contributed by atoms with van der Waals surface area (Å²) in [7, 11) is 0. The van der Waals surface area contributed by atoms with Crippen molar-refractivity contribution >= 4 is 11.7 Å². The third kappa shape index (κ3) is 14.4. The number of likely N-dealkylation sites (tertiary alicyclic amines) is 1. The molecule has 0 saturated carbocycles. The van der Waals surface area contributed by atoms with Gasteiger partial charge in [0.2, 0.25) is 5.91 Å². The van der Waals surface area contributed by atoms with Crippen LogP contribution in [0.5, 0.6) is 0 Å². The first-order chi connectivity index (χ1) is 13.5. The average Bonchev–Trinajstić information content (AvgIpc) is 2.52. The fourth-order valence-corrected chi connectivity index (χ4v) is 2.11. The van der Waals surface area contributed by atoms with Gasteiger partial charge in [-0.3, -0.25) is 4.79 Å². The van der Waals surface area contributed by atoms with Gasteiger partial charge < -0.3 is 15.3 Å². The average molecular weight is 426 g/mol. The van der Waals surface area contributed by atoms with Crippen LogP contribution in [0.2, 0.25) is 0 Å². The number of rotatable bonds is 6. The van der Waals surface area contributed by atoms with Gasteiger partial charge in [-0.05, 0) is 32.8 Å². The largest absolute Gasteiger partial charge is 0.519 e. The number of allylic oxidation sites excluding steroid dienone is 2. The first-order valence-corrected chi connectivity index (χ1v) is 9.04. The molecule has 1 aromatic rings. The Morgan fingerprint density at radius 3 is 2.31 bits per heavy atom. The molecule has 166 valence electrons. The number of hydrogen-bond donors (Lipinski definition) is 2. The van der Waals surface area contributed by atoms with Gasteiger partial charge in [-0.25, -0.2) is 18.7 Å². The maximum absolute atomic E-state index is 12.0. The predicted molar refractivity (Wildman–Crippen MR) is 99.4 cm³/mol. The van der Waals surface area contributed by atoms with Gasteiger partial charge in [-0.1, -0.05) is 19.4 Å². The molecule has 1 fully saturated rings. The number of carbonyl (C=O) groups excluding carboxylic acids is 1. The maximum atomic E-state index is 12.0. The Bertz CT molecular complexity index is 617. The molecule has 1 aliphatic rings. The lowest BCUT2D eigenvalue weighted by atomic mass is 10.1. The molecule has 0 aliphatic carbocycles. The van der Waals surface area contributed by atoms with Gasteiger partial charge in [0.25, 0.3) is 6.43 Å². The normalized spacial score (nSPS) is 14.3. The highest BCUT2D eigenvalue weighted by molar-refractivity contribution is 5.84. The summed E-state index contributed by atoms with van der Waals surface area (Å²) in [4.78, 5) is 22.2. The summed E-state index contributed by atoms with van der Waals surface area (Å²) >= 11 is 0. The van der Waals surface area contributed by atoms with Gasteiger partial charge >= 0.3 is 6.36 Å². The van der Waals surface area contributed by atoms with Crippen LogP contribution in [0.1, 0.15) is 39.3 Å². The highest BCUT2D eigenvalue weighted by Gasteiger charge is 2.25.